The second kappa shape index (κ2) is 7.15. The van der Waals surface area contributed by atoms with Crippen molar-refractivity contribution in [2.75, 3.05) is 0 Å². The third-order valence-corrected chi connectivity index (χ3v) is 1.75. The van der Waals surface area contributed by atoms with Gasteiger partial charge in [-0.2, -0.15) is 0 Å². The summed E-state index contributed by atoms with van der Waals surface area (Å²) in [5.74, 6) is 0.415. The van der Waals surface area contributed by atoms with Gasteiger partial charge in [0.05, 0.1) is 0 Å². The first-order valence-corrected chi connectivity index (χ1v) is 4.94. The van der Waals surface area contributed by atoms with Crippen molar-refractivity contribution in [2.45, 2.75) is 26.4 Å². The van der Waals surface area contributed by atoms with Gasteiger partial charge in [0, 0.05) is 6.04 Å². The molecule has 0 aromatic carbocycles. The molecule has 0 spiro atoms. The van der Waals surface area contributed by atoms with Gasteiger partial charge in [0.15, 0.2) is 11.7 Å². The molecule has 6 nitrogen and oxygen atoms in total. The molecular formula is C10H17IN4O2. The molecule has 0 bridgehead atoms. The smallest absolute Gasteiger partial charge is 0.284 e. The van der Waals surface area contributed by atoms with Gasteiger partial charge in [0.25, 0.3) is 5.91 Å². The topological polar surface area (TPSA) is 107 Å². The molecule has 1 aromatic rings. The molecule has 1 aromatic heterocycles. The first-order chi connectivity index (χ1) is 7.49. The minimum absolute atomic E-state index is 0. The van der Waals surface area contributed by atoms with Crippen LogP contribution in [0.1, 0.15) is 30.2 Å². The van der Waals surface area contributed by atoms with Gasteiger partial charge in [-0.3, -0.25) is 4.79 Å². The van der Waals surface area contributed by atoms with E-state index in [9.17, 15) is 4.79 Å². The molecule has 17 heavy (non-hydrogen) atoms. The van der Waals surface area contributed by atoms with Crippen LogP contribution in [0.4, 0.5) is 0 Å². The molecule has 0 saturated carbocycles. The maximum atomic E-state index is 10.8. The summed E-state index contributed by atoms with van der Waals surface area (Å²) in [5.41, 5.74) is 10.6. The van der Waals surface area contributed by atoms with E-state index in [0.29, 0.717) is 11.7 Å². The largest absolute Gasteiger partial charge is 0.454 e. The van der Waals surface area contributed by atoms with Crippen LogP contribution in [0.15, 0.2) is 21.5 Å². The zero-order chi connectivity index (χ0) is 12.1. The van der Waals surface area contributed by atoms with E-state index in [1.165, 1.54) is 6.07 Å². The Kier molecular flexibility index (Phi) is 6.62. The Morgan fingerprint density at radius 1 is 1.47 bits per heavy atom. The lowest BCUT2D eigenvalue weighted by molar-refractivity contribution is 0.0972. The molecule has 7 heteroatoms. The maximum Gasteiger partial charge on any atom is 0.284 e. The maximum absolute atomic E-state index is 10.8. The summed E-state index contributed by atoms with van der Waals surface area (Å²) in [7, 11) is 0. The van der Waals surface area contributed by atoms with Crippen LogP contribution in [0.25, 0.3) is 0 Å². The summed E-state index contributed by atoms with van der Waals surface area (Å²) >= 11 is 0. The summed E-state index contributed by atoms with van der Waals surface area (Å²) < 4.78 is 5.14. The molecule has 5 N–H and O–H groups in total. The van der Waals surface area contributed by atoms with Crippen molar-refractivity contribution in [3.8, 4) is 0 Å². The van der Waals surface area contributed by atoms with E-state index in [1.807, 2.05) is 13.8 Å². The van der Waals surface area contributed by atoms with Crippen LogP contribution in [0, 0.1) is 0 Å². The van der Waals surface area contributed by atoms with Gasteiger partial charge >= 0.3 is 0 Å². The fourth-order valence-electron chi connectivity index (χ4n) is 1.10. The van der Waals surface area contributed by atoms with E-state index in [0.717, 1.165) is 0 Å². The van der Waals surface area contributed by atoms with Crippen molar-refractivity contribution in [3.63, 3.8) is 0 Å². The van der Waals surface area contributed by atoms with E-state index in [1.54, 1.807) is 6.07 Å². The van der Waals surface area contributed by atoms with Gasteiger partial charge in [0.1, 0.15) is 12.3 Å². The molecule has 1 heterocycles. The van der Waals surface area contributed by atoms with E-state index in [-0.39, 0.29) is 42.3 Å². The number of rotatable bonds is 4. The number of carbonyl (C=O) groups excluding carboxylic acids is 1. The number of halogens is 1. The third kappa shape index (κ3) is 5.57. The Bertz CT molecular complexity index is 401. The number of furan rings is 1. The quantitative estimate of drug-likeness (QED) is 0.423. The monoisotopic (exact) mass is 352 g/mol. The molecule has 96 valence electrons. The highest BCUT2D eigenvalue weighted by molar-refractivity contribution is 14.0. The number of nitrogens with zero attached hydrogens (tertiary/aromatic N) is 1. The fourth-order valence-corrected chi connectivity index (χ4v) is 1.10. The molecule has 0 atom stereocenters. The summed E-state index contributed by atoms with van der Waals surface area (Å²) in [6, 6.07) is 3.38. The minimum atomic E-state index is -0.594. The highest BCUT2D eigenvalue weighted by Gasteiger charge is 2.06. The average Bonchev–Trinajstić information content (AvgIpc) is 2.61. The van der Waals surface area contributed by atoms with E-state index >= 15 is 0 Å². The van der Waals surface area contributed by atoms with Gasteiger partial charge in [-0.15, -0.1) is 24.0 Å². The number of primary amides is 1. The number of nitrogens with two attached hydrogens (primary N) is 2. The van der Waals surface area contributed by atoms with Gasteiger partial charge in [-0.25, -0.2) is 4.99 Å². The first kappa shape index (κ1) is 15.8. The number of nitrogens with one attached hydrogen (secondary N) is 1. The van der Waals surface area contributed by atoms with Crippen molar-refractivity contribution < 1.29 is 9.21 Å². The van der Waals surface area contributed by atoms with Gasteiger partial charge in [-0.05, 0) is 26.0 Å². The summed E-state index contributed by atoms with van der Waals surface area (Å²) in [4.78, 5) is 14.8. The average molecular weight is 352 g/mol. The molecule has 0 radical (unpaired) electrons. The Morgan fingerprint density at radius 2 is 2.12 bits per heavy atom. The van der Waals surface area contributed by atoms with Crippen LogP contribution in [0.5, 0.6) is 0 Å². The van der Waals surface area contributed by atoms with Crippen LogP contribution in [0.3, 0.4) is 0 Å². The molecule has 1 amide bonds. The molecule has 0 saturated heterocycles. The molecule has 0 fully saturated rings. The zero-order valence-corrected chi connectivity index (χ0v) is 12.1. The van der Waals surface area contributed by atoms with E-state index in [4.69, 9.17) is 15.9 Å². The second-order valence-electron chi connectivity index (χ2n) is 3.63. The Balaban J connectivity index is 0.00000256. The predicted octanol–water partition coefficient (Wildman–Crippen LogP) is 0.809. The molecular weight excluding hydrogens is 335 g/mol. The number of carbonyl (C=O) groups is 1. The number of hydrogen-bond acceptors (Lipinski definition) is 3. The molecule has 0 aliphatic carbocycles. The van der Waals surface area contributed by atoms with Crippen LogP contribution >= 0.6 is 24.0 Å². The van der Waals surface area contributed by atoms with Crippen LogP contribution in [0.2, 0.25) is 0 Å². The number of amides is 1. The van der Waals surface area contributed by atoms with Crippen LogP contribution in [-0.2, 0) is 6.54 Å². The highest BCUT2D eigenvalue weighted by atomic mass is 127. The van der Waals surface area contributed by atoms with Crippen molar-refractivity contribution in [1.29, 1.82) is 0 Å². The normalized spacial score (nSPS) is 11.1. The van der Waals surface area contributed by atoms with E-state index in [2.05, 4.69) is 10.3 Å². The fraction of sp³-hybridized carbons (Fsp3) is 0.400. The Labute approximate surface area is 117 Å². The standard InChI is InChI=1S/C10H16N4O2.HI/c1-6(2)14-10(12)13-5-7-3-4-8(16-7)9(11)15;/h3-4,6H,5H2,1-2H3,(H2,11,15)(H3,12,13,14);1H. The molecule has 1 rings (SSSR count). The van der Waals surface area contributed by atoms with Crippen molar-refractivity contribution in [2.24, 2.45) is 16.5 Å². The first-order valence-electron chi connectivity index (χ1n) is 4.94. The van der Waals surface area contributed by atoms with Crippen molar-refractivity contribution in [3.05, 3.63) is 23.7 Å². The summed E-state index contributed by atoms with van der Waals surface area (Å²) in [5, 5.41) is 2.94. The number of hydrogen-bond donors (Lipinski definition) is 3. The Hall–Kier alpha value is -1.25. The van der Waals surface area contributed by atoms with E-state index < -0.39 is 5.91 Å². The second-order valence-corrected chi connectivity index (χ2v) is 3.63. The van der Waals surface area contributed by atoms with Crippen LogP contribution < -0.4 is 16.8 Å². The Morgan fingerprint density at radius 3 is 2.59 bits per heavy atom. The lowest BCUT2D eigenvalue weighted by Crippen LogP contribution is -2.36. The van der Waals surface area contributed by atoms with Crippen molar-refractivity contribution >= 4 is 35.8 Å². The van der Waals surface area contributed by atoms with Gasteiger partial charge in [0.2, 0.25) is 0 Å². The molecule has 0 aliphatic rings. The summed E-state index contributed by atoms with van der Waals surface area (Å²) in [6.07, 6.45) is 0. The predicted molar refractivity (Wildman–Crippen MR) is 76.2 cm³/mol. The lowest BCUT2D eigenvalue weighted by atomic mass is 10.4. The molecule has 0 unspecified atom stereocenters. The highest BCUT2D eigenvalue weighted by Crippen LogP contribution is 2.07. The summed E-state index contributed by atoms with van der Waals surface area (Å²) in [6.45, 7) is 4.19. The van der Waals surface area contributed by atoms with Crippen LogP contribution in [-0.4, -0.2) is 17.9 Å². The van der Waals surface area contributed by atoms with Crippen molar-refractivity contribution in [1.82, 2.24) is 5.32 Å². The minimum Gasteiger partial charge on any atom is -0.454 e. The third-order valence-electron chi connectivity index (χ3n) is 1.75. The zero-order valence-electron chi connectivity index (χ0n) is 9.77. The lowest BCUT2D eigenvalue weighted by Gasteiger charge is -2.07. The SMILES string of the molecule is CC(C)NC(N)=NCc1ccc(C(N)=O)o1.I. The molecule has 0 aliphatic heterocycles. The van der Waals surface area contributed by atoms with Gasteiger partial charge < -0.3 is 21.2 Å². The number of guanidine groups is 1. The van der Waals surface area contributed by atoms with Gasteiger partial charge in [-0.1, -0.05) is 0 Å². The number of aliphatic imine (C=N–C) groups is 1.